The molecular weight excluding hydrogens is 259 g/mol. The lowest BCUT2D eigenvalue weighted by Crippen LogP contribution is -1.97. The Morgan fingerprint density at radius 1 is 1.22 bits per heavy atom. The smallest absolute Gasteiger partial charge is 0.231 e. The number of halogens is 2. The minimum atomic E-state index is -0.596. The molecule has 0 spiro atoms. The van der Waals surface area contributed by atoms with E-state index in [2.05, 4.69) is 9.97 Å². The largest absolute Gasteiger partial charge is 0.454 e. The Morgan fingerprint density at radius 2 is 2.00 bits per heavy atom. The standard InChI is InChI=1S/C12H8ClFN2O2/c1-6-10(14)11(13)16-12(15-6)7-2-3-8-9(4-7)18-5-17-8/h2-4H,5H2,1H3. The van der Waals surface area contributed by atoms with E-state index in [1.807, 2.05) is 0 Å². The molecule has 6 heteroatoms. The zero-order chi connectivity index (χ0) is 12.7. The van der Waals surface area contributed by atoms with E-state index < -0.39 is 5.82 Å². The third kappa shape index (κ3) is 1.76. The van der Waals surface area contributed by atoms with Gasteiger partial charge in [-0.15, -0.1) is 0 Å². The lowest BCUT2D eigenvalue weighted by atomic mass is 10.2. The number of ether oxygens (including phenoxy) is 2. The molecule has 0 saturated heterocycles. The van der Waals surface area contributed by atoms with Crippen LogP contribution in [0.5, 0.6) is 11.5 Å². The first-order valence-corrected chi connectivity index (χ1v) is 5.62. The van der Waals surface area contributed by atoms with Crippen LogP contribution in [-0.2, 0) is 0 Å². The SMILES string of the molecule is Cc1nc(-c2ccc3c(c2)OCO3)nc(Cl)c1F. The predicted octanol–water partition coefficient (Wildman–Crippen LogP) is 2.97. The van der Waals surface area contributed by atoms with Gasteiger partial charge in [-0.25, -0.2) is 14.4 Å². The van der Waals surface area contributed by atoms with Gasteiger partial charge in [-0.1, -0.05) is 11.6 Å². The topological polar surface area (TPSA) is 44.2 Å². The summed E-state index contributed by atoms with van der Waals surface area (Å²) in [7, 11) is 0. The summed E-state index contributed by atoms with van der Waals surface area (Å²) in [5, 5.41) is -0.185. The third-order valence-corrected chi connectivity index (χ3v) is 2.86. The van der Waals surface area contributed by atoms with Gasteiger partial charge >= 0.3 is 0 Å². The minimum Gasteiger partial charge on any atom is -0.454 e. The minimum absolute atomic E-state index is 0.185. The van der Waals surface area contributed by atoms with E-state index >= 15 is 0 Å². The van der Waals surface area contributed by atoms with Gasteiger partial charge in [0.05, 0.1) is 5.69 Å². The highest BCUT2D eigenvalue weighted by atomic mass is 35.5. The van der Waals surface area contributed by atoms with Crippen LogP contribution >= 0.6 is 11.6 Å². The van der Waals surface area contributed by atoms with E-state index in [1.165, 1.54) is 0 Å². The monoisotopic (exact) mass is 266 g/mol. The highest BCUT2D eigenvalue weighted by Gasteiger charge is 2.16. The Morgan fingerprint density at radius 3 is 2.78 bits per heavy atom. The lowest BCUT2D eigenvalue weighted by Gasteiger charge is -2.04. The van der Waals surface area contributed by atoms with Gasteiger partial charge in [0.2, 0.25) is 6.79 Å². The molecule has 0 atom stereocenters. The number of hydrogen-bond acceptors (Lipinski definition) is 4. The van der Waals surface area contributed by atoms with Gasteiger partial charge < -0.3 is 9.47 Å². The molecule has 1 aliphatic rings. The summed E-state index contributed by atoms with van der Waals surface area (Å²) in [6, 6.07) is 5.27. The van der Waals surface area contributed by atoms with Gasteiger partial charge in [-0.3, -0.25) is 0 Å². The molecule has 0 bridgehead atoms. The van der Waals surface area contributed by atoms with Crippen LogP contribution in [0.2, 0.25) is 5.15 Å². The van der Waals surface area contributed by atoms with Crippen LogP contribution in [0, 0.1) is 12.7 Å². The maximum Gasteiger partial charge on any atom is 0.231 e. The number of hydrogen-bond donors (Lipinski definition) is 0. The zero-order valence-electron chi connectivity index (χ0n) is 9.41. The van der Waals surface area contributed by atoms with Gasteiger partial charge in [0.15, 0.2) is 28.3 Å². The number of rotatable bonds is 1. The van der Waals surface area contributed by atoms with Crippen molar-refractivity contribution in [1.82, 2.24) is 9.97 Å². The Bertz CT molecular complexity index is 610. The van der Waals surface area contributed by atoms with Gasteiger partial charge in [0.25, 0.3) is 0 Å². The van der Waals surface area contributed by atoms with Crippen molar-refractivity contribution in [3.05, 3.63) is 34.9 Å². The second-order valence-electron chi connectivity index (χ2n) is 3.81. The normalized spacial score (nSPS) is 12.8. The van der Waals surface area contributed by atoms with Crippen LogP contribution in [0.25, 0.3) is 11.4 Å². The van der Waals surface area contributed by atoms with Crippen LogP contribution in [-0.4, -0.2) is 16.8 Å². The first kappa shape index (κ1) is 11.2. The van der Waals surface area contributed by atoms with Crippen LogP contribution in [0.4, 0.5) is 4.39 Å². The van der Waals surface area contributed by atoms with Gasteiger partial charge in [0.1, 0.15) is 0 Å². The van der Waals surface area contributed by atoms with Crippen molar-refractivity contribution in [2.75, 3.05) is 6.79 Å². The molecule has 4 nitrogen and oxygen atoms in total. The Balaban J connectivity index is 2.10. The van der Waals surface area contributed by atoms with Gasteiger partial charge in [-0.2, -0.15) is 0 Å². The van der Waals surface area contributed by atoms with Crippen molar-refractivity contribution in [3.63, 3.8) is 0 Å². The van der Waals surface area contributed by atoms with E-state index in [9.17, 15) is 4.39 Å². The molecule has 0 unspecified atom stereocenters. The predicted molar refractivity (Wildman–Crippen MR) is 63.3 cm³/mol. The van der Waals surface area contributed by atoms with Crippen molar-refractivity contribution < 1.29 is 13.9 Å². The molecule has 1 aromatic carbocycles. The van der Waals surface area contributed by atoms with Gasteiger partial charge in [0, 0.05) is 5.56 Å². The summed E-state index contributed by atoms with van der Waals surface area (Å²) in [5.41, 5.74) is 0.909. The van der Waals surface area contributed by atoms with Gasteiger partial charge in [-0.05, 0) is 25.1 Å². The average molecular weight is 267 g/mol. The van der Waals surface area contributed by atoms with E-state index in [4.69, 9.17) is 21.1 Å². The lowest BCUT2D eigenvalue weighted by molar-refractivity contribution is 0.174. The summed E-state index contributed by atoms with van der Waals surface area (Å²) in [6.07, 6.45) is 0. The fraction of sp³-hybridized carbons (Fsp3) is 0.167. The van der Waals surface area contributed by atoms with Crippen LogP contribution in [0.1, 0.15) is 5.69 Å². The molecule has 0 aliphatic carbocycles. The molecular formula is C12H8ClFN2O2. The average Bonchev–Trinajstić information content (AvgIpc) is 2.82. The molecule has 2 heterocycles. The van der Waals surface area contributed by atoms with E-state index in [-0.39, 0.29) is 17.6 Å². The fourth-order valence-corrected chi connectivity index (χ4v) is 1.91. The van der Waals surface area contributed by atoms with Crippen molar-refractivity contribution in [2.24, 2.45) is 0 Å². The number of fused-ring (bicyclic) bond motifs is 1. The Kier molecular flexibility index (Phi) is 2.56. The van der Waals surface area contributed by atoms with Crippen LogP contribution in [0.15, 0.2) is 18.2 Å². The number of aryl methyl sites for hydroxylation is 1. The van der Waals surface area contributed by atoms with E-state index in [1.54, 1.807) is 25.1 Å². The van der Waals surface area contributed by atoms with Crippen LogP contribution < -0.4 is 9.47 Å². The fourth-order valence-electron chi connectivity index (χ4n) is 1.69. The van der Waals surface area contributed by atoms with Crippen molar-refractivity contribution in [1.29, 1.82) is 0 Å². The first-order valence-electron chi connectivity index (χ1n) is 5.25. The highest BCUT2D eigenvalue weighted by Crippen LogP contribution is 2.35. The quantitative estimate of drug-likeness (QED) is 0.745. The van der Waals surface area contributed by atoms with Crippen LogP contribution in [0.3, 0.4) is 0 Å². The van der Waals surface area contributed by atoms with E-state index in [0.717, 1.165) is 0 Å². The number of nitrogens with zero attached hydrogens (tertiary/aromatic N) is 2. The maximum atomic E-state index is 13.3. The maximum absolute atomic E-state index is 13.3. The Hall–Kier alpha value is -1.88. The second kappa shape index (κ2) is 4.10. The summed E-state index contributed by atoms with van der Waals surface area (Å²) in [5.74, 6) is 1.05. The Labute approximate surface area is 107 Å². The molecule has 0 amide bonds. The van der Waals surface area contributed by atoms with Crippen molar-refractivity contribution >= 4 is 11.6 Å². The van der Waals surface area contributed by atoms with E-state index in [0.29, 0.717) is 22.9 Å². The molecule has 1 aromatic heterocycles. The molecule has 0 radical (unpaired) electrons. The third-order valence-electron chi connectivity index (χ3n) is 2.61. The molecule has 18 heavy (non-hydrogen) atoms. The first-order chi connectivity index (χ1) is 8.65. The summed E-state index contributed by atoms with van der Waals surface area (Å²) in [6.45, 7) is 1.74. The molecule has 0 fully saturated rings. The molecule has 1 aliphatic heterocycles. The second-order valence-corrected chi connectivity index (χ2v) is 4.16. The summed E-state index contributed by atoms with van der Waals surface area (Å²) in [4.78, 5) is 7.97. The molecule has 92 valence electrons. The van der Waals surface area contributed by atoms with Crippen molar-refractivity contribution in [3.8, 4) is 22.9 Å². The summed E-state index contributed by atoms with van der Waals surface area (Å²) < 4.78 is 23.8. The molecule has 2 aromatic rings. The number of benzene rings is 1. The molecule has 0 saturated carbocycles. The number of aromatic nitrogens is 2. The molecule has 0 N–H and O–H groups in total. The summed E-state index contributed by atoms with van der Waals surface area (Å²) >= 11 is 5.70. The van der Waals surface area contributed by atoms with Crippen molar-refractivity contribution in [2.45, 2.75) is 6.92 Å². The molecule has 3 rings (SSSR count). The zero-order valence-corrected chi connectivity index (χ0v) is 10.2. The highest BCUT2D eigenvalue weighted by molar-refractivity contribution is 6.29.